The van der Waals surface area contributed by atoms with Gasteiger partial charge in [0.25, 0.3) is 0 Å². The van der Waals surface area contributed by atoms with E-state index in [2.05, 4.69) is 44.2 Å². The molecular formula is C20H26N4O2S. The number of ether oxygens (including phenoxy) is 2. The van der Waals surface area contributed by atoms with Crippen LogP contribution < -0.4 is 5.32 Å². The van der Waals surface area contributed by atoms with Crippen LogP contribution in [0.25, 0.3) is 0 Å². The zero-order valence-corrected chi connectivity index (χ0v) is 16.4. The molecule has 0 radical (unpaired) electrons. The van der Waals surface area contributed by atoms with Crippen LogP contribution >= 0.6 is 12.2 Å². The van der Waals surface area contributed by atoms with Gasteiger partial charge in [0.15, 0.2) is 5.11 Å². The first-order chi connectivity index (χ1) is 13.3. The third-order valence-electron chi connectivity index (χ3n) is 5.33. The van der Waals surface area contributed by atoms with Crippen LogP contribution in [0.2, 0.25) is 0 Å². The van der Waals surface area contributed by atoms with Crippen molar-refractivity contribution >= 4 is 17.3 Å². The Morgan fingerprint density at radius 3 is 3.00 bits per heavy atom. The van der Waals surface area contributed by atoms with Crippen LogP contribution in [0, 0.1) is 0 Å². The van der Waals surface area contributed by atoms with E-state index in [1.165, 1.54) is 5.69 Å². The normalized spacial score (nSPS) is 25.1. The van der Waals surface area contributed by atoms with Gasteiger partial charge in [-0.15, -0.1) is 0 Å². The van der Waals surface area contributed by atoms with E-state index in [0.29, 0.717) is 6.61 Å². The SMILES string of the molecule is COCCN1C(=S)N[C@@H](c2ccccn2)[C@@H]1c1cccn1C[C@@H]1CCCO1. The van der Waals surface area contributed by atoms with Crippen molar-refractivity contribution in [1.82, 2.24) is 19.8 Å². The molecule has 0 aliphatic carbocycles. The van der Waals surface area contributed by atoms with Gasteiger partial charge in [-0.3, -0.25) is 4.98 Å². The lowest BCUT2D eigenvalue weighted by atomic mass is 10.0. The van der Waals surface area contributed by atoms with Gasteiger partial charge in [0, 0.05) is 44.9 Å². The lowest BCUT2D eigenvalue weighted by Gasteiger charge is -2.29. The fourth-order valence-corrected chi connectivity index (χ4v) is 4.36. The lowest BCUT2D eigenvalue weighted by Crippen LogP contribution is -2.33. The highest BCUT2D eigenvalue weighted by molar-refractivity contribution is 7.80. The smallest absolute Gasteiger partial charge is 0.170 e. The summed E-state index contributed by atoms with van der Waals surface area (Å²) in [6, 6.07) is 10.4. The Morgan fingerprint density at radius 1 is 1.33 bits per heavy atom. The molecule has 3 atom stereocenters. The van der Waals surface area contributed by atoms with Crippen LogP contribution in [-0.4, -0.2) is 52.5 Å². The van der Waals surface area contributed by atoms with Gasteiger partial charge in [-0.1, -0.05) is 6.07 Å². The Balaban J connectivity index is 1.66. The third kappa shape index (κ3) is 3.85. The van der Waals surface area contributed by atoms with E-state index >= 15 is 0 Å². The first-order valence-corrected chi connectivity index (χ1v) is 9.92. The quantitative estimate of drug-likeness (QED) is 0.739. The Morgan fingerprint density at radius 2 is 2.26 bits per heavy atom. The predicted molar refractivity (Wildman–Crippen MR) is 107 cm³/mol. The maximum atomic E-state index is 5.86. The van der Waals surface area contributed by atoms with Gasteiger partial charge in [-0.2, -0.15) is 0 Å². The van der Waals surface area contributed by atoms with Crippen molar-refractivity contribution in [2.24, 2.45) is 0 Å². The Bertz CT molecular complexity index is 760. The zero-order valence-electron chi connectivity index (χ0n) is 15.6. The molecule has 2 aliphatic rings. The molecule has 144 valence electrons. The largest absolute Gasteiger partial charge is 0.383 e. The second kappa shape index (κ2) is 8.37. The van der Waals surface area contributed by atoms with E-state index in [-0.39, 0.29) is 18.2 Å². The zero-order chi connectivity index (χ0) is 18.6. The van der Waals surface area contributed by atoms with Gasteiger partial charge in [-0.05, 0) is 49.3 Å². The summed E-state index contributed by atoms with van der Waals surface area (Å²) in [6.45, 7) is 3.10. The number of methoxy groups -OCH3 is 1. The van der Waals surface area contributed by atoms with E-state index < -0.39 is 0 Å². The summed E-state index contributed by atoms with van der Waals surface area (Å²) in [5.74, 6) is 0. The molecule has 2 aromatic rings. The van der Waals surface area contributed by atoms with Crippen LogP contribution in [0.15, 0.2) is 42.7 Å². The molecular weight excluding hydrogens is 360 g/mol. The molecule has 27 heavy (non-hydrogen) atoms. The van der Waals surface area contributed by atoms with Crippen molar-refractivity contribution in [1.29, 1.82) is 0 Å². The fraction of sp³-hybridized carbons (Fsp3) is 0.500. The Labute approximate surface area is 165 Å². The number of nitrogens with zero attached hydrogens (tertiary/aromatic N) is 3. The molecule has 0 aromatic carbocycles. The first-order valence-electron chi connectivity index (χ1n) is 9.51. The van der Waals surface area contributed by atoms with E-state index in [4.69, 9.17) is 21.7 Å². The molecule has 2 saturated heterocycles. The van der Waals surface area contributed by atoms with E-state index in [9.17, 15) is 0 Å². The maximum absolute atomic E-state index is 5.86. The molecule has 0 amide bonds. The van der Waals surface area contributed by atoms with Crippen LogP contribution in [0.5, 0.6) is 0 Å². The minimum Gasteiger partial charge on any atom is -0.383 e. The summed E-state index contributed by atoms with van der Waals surface area (Å²) in [6.07, 6.45) is 6.53. The molecule has 4 heterocycles. The van der Waals surface area contributed by atoms with E-state index in [1.807, 2.05) is 18.3 Å². The summed E-state index contributed by atoms with van der Waals surface area (Å²) in [5, 5.41) is 4.23. The standard InChI is InChI=1S/C20H26N4O2S/c1-25-13-11-24-19(18(22-20(24)27)16-7-2-3-9-21-16)17-8-4-10-23(17)14-15-6-5-12-26-15/h2-4,7-10,15,18-19H,5-6,11-14H2,1H3,(H,22,27)/t15-,18-,19-/m0/s1. The summed E-state index contributed by atoms with van der Waals surface area (Å²) in [4.78, 5) is 6.81. The fourth-order valence-electron chi connectivity index (χ4n) is 4.03. The van der Waals surface area contributed by atoms with E-state index in [0.717, 1.165) is 43.3 Å². The number of hydrogen-bond donors (Lipinski definition) is 1. The van der Waals surface area contributed by atoms with Crippen molar-refractivity contribution in [2.45, 2.75) is 37.6 Å². The van der Waals surface area contributed by atoms with Crippen LogP contribution in [-0.2, 0) is 16.0 Å². The predicted octanol–water partition coefficient (Wildman–Crippen LogP) is 2.68. The highest BCUT2D eigenvalue weighted by atomic mass is 32.1. The van der Waals surface area contributed by atoms with Crippen LogP contribution in [0.4, 0.5) is 0 Å². The average molecular weight is 387 g/mol. The topological polar surface area (TPSA) is 51.5 Å². The monoisotopic (exact) mass is 386 g/mol. The Hall–Kier alpha value is -1.96. The van der Waals surface area contributed by atoms with Gasteiger partial charge < -0.3 is 24.3 Å². The number of hydrogen-bond acceptors (Lipinski definition) is 4. The van der Waals surface area contributed by atoms with Gasteiger partial charge in [0.1, 0.15) is 0 Å². The minimum absolute atomic E-state index is 0.00806. The Kier molecular flexibility index (Phi) is 5.71. The number of nitrogens with one attached hydrogen (secondary N) is 1. The van der Waals surface area contributed by atoms with Crippen molar-refractivity contribution in [3.8, 4) is 0 Å². The summed E-state index contributed by atoms with van der Waals surface area (Å²) in [7, 11) is 1.72. The van der Waals surface area contributed by atoms with Crippen LogP contribution in [0.3, 0.4) is 0 Å². The van der Waals surface area contributed by atoms with Crippen LogP contribution in [0.1, 0.15) is 36.3 Å². The second-order valence-electron chi connectivity index (χ2n) is 7.03. The highest BCUT2D eigenvalue weighted by Gasteiger charge is 2.41. The van der Waals surface area contributed by atoms with Crippen molar-refractivity contribution < 1.29 is 9.47 Å². The van der Waals surface area contributed by atoms with Crippen molar-refractivity contribution in [3.05, 3.63) is 54.1 Å². The molecule has 4 rings (SSSR count). The van der Waals surface area contributed by atoms with Crippen molar-refractivity contribution in [2.75, 3.05) is 26.9 Å². The summed E-state index contributed by atoms with van der Waals surface area (Å²) < 4.78 is 13.5. The maximum Gasteiger partial charge on any atom is 0.170 e. The van der Waals surface area contributed by atoms with Gasteiger partial charge in [0.05, 0.1) is 30.5 Å². The number of pyridine rings is 1. The van der Waals surface area contributed by atoms with Crippen molar-refractivity contribution in [3.63, 3.8) is 0 Å². The molecule has 2 aromatic heterocycles. The number of thiocarbonyl (C=S) groups is 1. The molecule has 0 spiro atoms. The molecule has 0 unspecified atom stereocenters. The number of rotatable bonds is 7. The minimum atomic E-state index is 0.00806. The van der Waals surface area contributed by atoms with Gasteiger partial charge in [-0.25, -0.2) is 0 Å². The molecule has 0 saturated carbocycles. The molecule has 0 bridgehead atoms. The first kappa shape index (κ1) is 18.4. The lowest BCUT2D eigenvalue weighted by molar-refractivity contribution is 0.0949. The molecule has 1 N–H and O–H groups in total. The molecule has 7 heteroatoms. The highest BCUT2D eigenvalue weighted by Crippen LogP contribution is 2.38. The van der Waals surface area contributed by atoms with Gasteiger partial charge in [0.2, 0.25) is 0 Å². The second-order valence-corrected chi connectivity index (χ2v) is 7.42. The average Bonchev–Trinajstić information content (AvgIpc) is 3.42. The molecule has 2 aliphatic heterocycles. The molecule has 2 fully saturated rings. The number of aromatic nitrogens is 2. The van der Waals surface area contributed by atoms with E-state index in [1.54, 1.807) is 7.11 Å². The third-order valence-corrected chi connectivity index (χ3v) is 5.68. The summed E-state index contributed by atoms with van der Waals surface area (Å²) in [5.41, 5.74) is 2.22. The van der Waals surface area contributed by atoms with Gasteiger partial charge >= 0.3 is 0 Å². The summed E-state index contributed by atoms with van der Waals surface area (Å²) >= 11 is 5.67. The molecule has 6 nitrogen and oxygen atoms in total.